The van der Waals surface area contributed by atoms with E-state index in [0.717, 1.165) is 19.1 Å². The summed E-state index contributed by atoms with van der Waals surface area (Å²) in [6.07, 6.45) is 3.20. The maximum absolute atomic E-state index is 10.8. The second-order valence-corrected chi connectivity index (χ2v) is 2.76. The van der Waals surface area contributed by atoms with Gasteiger partial charge in [0, 0.05) is 0 Å². The molecule has 80 valence electrons. The van der Waals surface area contributed by atoms with Crippen LogP contribution in [0.25, 0.3) is 0 Å². The van der Waals surface area contributed by atoms with Gasteiger partial charge in [-0.3, -0.25) is 4.79 Å². The van der Waals surface area contributed by atoms with Crippen LogP contribution in [-0.2, 0) is 14.3 Å². The Morgan fingerprint density at radius 1 is 1.50 bits per heavy atom. The van der Waals surface area contributed by atoms with Gasteiger partial charge in [-0.25, -0.2) is 4.79 Å². The second kappa shape index (κ2) is 7.08. The van der Waals surface area contributed by atoms with E-state index in [2.05, 4.69) is 4.74 Å². The van der Waals surface area contributed by atoms with Gasteiger partial charge in [0.15, 0.2) is 0 Å². The Labute approximate surface area is 82.5 Å². The van der Waals surface area contributed by atoms with Crippen LogP contribution in [-0.4, -0.2) is 23.6 Å². The summed E-state index contributed by atoms with van der Waals surface area (Å²) < 4.78 is 4.46. The lowest BCUT2D eigenvalue weighted by atomic mass is 10.1. The van der Waals surface area contributed by atoms with E-state index < -0.39 is 18.5 Å². The first-order valence-electron chi connectivity index (χ1n) is 4.41. The summed E-state index contributed by atoms with van der Waals surface area (Å²) in [6, 6.07) is 0. The fourth-order valence-electron chi connectivity index (χ4n) is 0.782. The summed E-state index contributed by atoms with van der Waals surface area (Å²) in [5.74, 6) is -1.41. The molecular formula is C9H15NO4. The first-order valence-corrected chi connectivity index (χ1v) is 4.41. The van der Waals surface area contributed by atoms with E-state index in [1.54, 1.807) is 0 Å². The molecule has 0 aromatic carbocycles. The van der Waals surface area contributed by atoms with Crippen LogP contribution < -0.4 is 5.73 Å². The highest BCUT2D eigenvalue weighted by Crippen LogP contribution is 2.06. The molecule has 0 aliphatic heterocycles. The Morgan fingerprint density at radius 3 is 2.57 bits per heavy atom. The minimum atomic E-state index is -0.805. The van der Waals surface area contributed by atoms with Crippen molar-refractivity contribution in [3.8, 4) is 0 Å². The maximum Gasteiger partial charge on any atom is 0.336 e. The molecule has 14 heavy (non-hydrogen) atoms. The number of primary amides is 1. The zero-order chi connectivity index (χ0) is 11.0. The Balaban J connectivity index is 4.18. The fraction of sp³-hybridized carbons (Fsp3) is 0.556. The molecule has 5 nitrogen and oxygen atoms in total. The van der Waals surface area contributed by atoms with E-state index >= 15 is 0 Å². The van der Waals surface area contributed by atoms with E-state index in [9.17, 15) is 9.59 Å². The molecule has 1 amide bonds. The molecule has 0 spiro atoms. The number of carbonyl (C=O) groups excluding carboxylic acids is 2. The molecule has 0 radical (unpaired) electrons. The molecule has 0 bridgehead atoms. The van der Waals surface area contributed by atoms with Crippen molar-refractivity contribution in [1.29, 1.82) is 0 Å². The highest BCUT2D eigenvalue weighted by molar-refractivity contribution is 5.91. The van der Waals surface area contributed by atoms with Crippen LogP contribution in [0.2, 0.25) is 0 Å². The number of amides is 1. The monoisotopic (exact) mass is 201 g/mol. The van der Waals surface area contributed by atoms with Gasteiger partial charge >= 0.3 is 5.97 Å². The highest BCUT2D eigenvalue weighted by Gasteiger charge is 2.06. The van der Waals surface area contributed by atoms with Crippen molar-refractivity contribution in [1.82, 2.24) is 0 Å². The molecule has 0 aromatic rings. The van der Waals surface area contributed by atoms with Crippen LogP contribution in [0.5, 0.6) is 0 Å². The van der Waals surface area contributed by atoms with E-state index in [0.29, 0.717) is 6.42 Å². The van der Waals surface area contributed by atoms with Gasteiger partial charge in [0.05, 0.1) is 5.57 Å². The third-order valence-electron chi connectivity index (χ3n) is 1.58. The minimum absolute atomic E-state index is 0.258. The Morgan fingerprint density at radius 2 is 2.14 bits per heavy atom. The van der Waals surface area contributed by atoms with Gasteiger partial charge in [0.2, 0.25) is 5.91 Å². The molecule has 0 heterocycles. The van der Waals surface area contributed by atoms with Crippen molar-refractivity contribution in [2.75, 3.05) is 6.61 Å². The maximum atomic E-state index is 10.8. The molecule has 0 saturated heterocycles. The molecule has 0 atom stereocenters. The number of carbonyl (C=O) groups is 2. The molecule has 0 aliphatic rings. The number of hydrogen-bond donors (Lipinski definition) is 2. The van der Waals surface area contributed by atoms with Gasteiger partial charge in [0.25, 0.3) is 0 Å². The lowest BCUT2D eigenvalue weighted by Gasteiger charge is -2.01. The largest absolute Gasteiger partial charge is 0.432 e. The van der Waals surface area contributed by atoms with Gasteiger partial charge in [-0.2, -0.15) is 0 Å². The van der Waals surface area contributed by atoms with Crippen molar-refractivity contribution in [3.63, 3.8) is 0 Å². The van der Waals surface area contributed by atoms with E-state index in [1.165, 1.54) is 0 Å². The average molecular weight is 201 g/mol. The summed E-state index contributed by atoms with van der Waals surface area (Å²) in [5.41, 5.74) is 5.30. The second-order valence-electron chi connectivity index (χ2n) is 2.76. The lowest BCUT2D eigenvalue weighted by Crippen LogP contribution is -2.15. The first kappa shape index (κ1) is 12.6. The summed E-state index contributed by atoms with van der Waals surface area (Å²) in [7, 11) is 0. The molecule has 0 fully saturated rings. The quantitative estimate of drug-likeness (QED) is 0.362. The number of nitrogens with two attached hydrogens (primary N) is 1. The van der Waals surface area contributed by atoms with Gasteiger partial charge in [-0.15, -0.1) is 0 Å². The zero-order valence-electron chi connectivity index (χ0n) is 8.16. The SMILES string of the molecule is CCCC/C(=C\OC(=O)CO)C(N)=O. The highest BCUT2D eigenvalue weighted by atomic mass is 16.5. The summed E-state index contributed by atoms with van der Waals surface area (Å²) in [6.45, 7) is 1.26. The van der Waals surface area contributed by atoms with Crippen LogP contribution in [0.15, 0.2) is 11.8 Å². The summed E-state index contributed by atoms with van der Waals surface area (Å²) in [4.78, 5) is 21.4. The Bertz CT molecular complexity index is 235. The predicted molar refractivity (Wildman–Crippen MR) is 50.0 cm³/mol. The van der Waals surface area contributed by atoms with E-state index in [-0.39, 0.29) is 5.57 Å². The molecule has 3 N–H and O–H groups in total. The molecule has 0 rings (SSSR count). The normalized spacial score (nSPS) is 11.1. The van der Waals surface area contributed by atoms with Gasteiger partial charge in [0.1, 0.15) is 12.9 Å². The topological polar surface area (TPSA) is 89.6 Å². The van der Waals surface area contributed by atoms with Crippen molar-refractivity contribution < 1.29 is 19.4 Å². The number of unbranched alkanes of at least 4 members (excludes halogenated alkanes) is 1. The fourth-order valence-corrected chi connectivity index (χ4v) is 0.782. The lowest BCUT2D eigenvalue weighted by molar-refractivity contribution is -0.141. The standard InChI is InChI=1S/C9H15NO4/c1-2-3-4-7(9(10)13)6-14-8(12)5-11/h6,11H,2-5H2,1H3,(H2,10,13)/b7-6+. The number of ether oxygens (including phenoxy) is 1. The van der Waals surface area contributed by atoms with Crippen molar-refractivity contribution >= 4 is 11.9 Å². The predicted octanol–water partition coefficient (Wildman–Crippen LogP) is 0.0813. The van der Waals surface area contributed by atoms with Crippen LogP contribution in [0.4, 0.5) is 0 Å². The number of esters is 1. The van der Waals surface area contributed by atoms with Crippen molar-refractivity contribution in [2.24, 2.45) is 5.73 Å². The third kappa shape index (κ3) is 5.31. The number of aliphatic hydroxyl groups excluding tert-OH is 1. The average Bonchev–Trinajstić information content (AvgIpc) is 2.16. The van der Waals surface area contributed by atoms with Gasteiger partial charge in [-0.05, 0) is 12.8 Å². The van der Waals surface area contributed by atoms with Crippen molar-refractivity contribution in [3.05, 3.63) is 11.8 Å². The Kier molecular flexibility index (Phi) is 6.39. The third-order valence-corrected chi connectivity index (χ3v) is 1.58. The van der Waals surface area contributed by atoms with E-state index in [4.69, 9.17) is 10.8 Å². The smallest absolute Gasteiger partial charge is 0.336 e. The van der Waals surface area contributed by atoms with Crippen LogP contribution in [0.3, 0.4) is 0 Å². The summed E-state index contributed by atoms with van der Waals surface area (Å²) in [5, 5.41) is 8.34. The first-order chi connectivity index (χ1) is 6.61. The Hall–Kier alpha value is -1.36. The molecule has 0 unspecified atom stereocenters. The summed E-state index contributed by atoms with van der Waals surface area (Å²) >= 11 is 0. The minimum Gasteiger partial charge on any atom is -0.432 e. The molecular weight excluding hydrogens is 186 g/mol. The van der Waals surface area contributed by atoms with Crippen LogP contribution in [0.1, 0.15) is 26.2 Å². The molecule has 0 saturated carbocycles. The van der Waals surface area contributed by atoms with Crippen LogP contribution in [0, 0.1) is 0 Å². The number of aliphatic hydroxyl groups is 1. The number of rotatable bonds is 6. The zero-order valence-corrected chi connectivity index (χ0v) is 8.16. The van der Waals surface area contributed by atoms with Crippen LogP contribution >= 0.6 is 0 Å². The number of hydrogen-bond acceptors (Lipinski definition) is 4. The molecule has 0 aromatic heterocycles. The molecule has 5 heteroatoms. The van der Waals surface area contributed by atoms with E-state index in [1.807, 2.05) is 6.92 Å². The molecule has 0 aliphatic carbocycles. The van der Waals surface area contributed by atoms with Gasteiger partial charge in [-0.1, -0.05) is 13.3 Å². The van der Waals surface area contributed by atoms with Gasteiger partial charge < -0.3 is 15.6 Å². The van der Waals surface area contributed by atoms with Crippen molar-refractivity contribution in [2.45, 2.75) is 26.2 Å².